The van der Waals surface area contributed by atoms with Gasteiger partial charge in [0.05, 0.1) is 0 Å². The van der Waals surface area contributed by atoms with Gasteiger partial charge in [-0.2, -0.15) is 0 Å². The van der Waals surface area contributed by atoms with Crippen molar-refractivity contribution in [1.29, 1.82) is 0 Å². The Labute approximate surface area is 24.8 Å². The van der Waals surface area contributed by atoms with Gasteiger partial charge in [0.25, 0.3) is 0 Å². The summed E-state index contributed by atoms with van der Waals surface area (Å²) in [4.78, 5) is 0. The van der Waals surface area contributed by atoms with E-state index in [9.17, 15) is 0 Å². The van der Waals surface area contributed by atoms with E-state index in [4.69, 9.17) is 0 Å². The predicted octanol–water partition coefficient (Wildman–Crippen LogP) is 0.492. The lowest BCUT2D eigenvalue weighted by atomic mass is 11.0. The first kappa shape index (κ1) is 1.00. The van der Waals surface area contributed by atoms with Gasteiger partial charge in [-0.15, -0.1) is 0 Å². The van der Waals surface area contributed by atoms with Crippen molar-refractivity contribution in [3.63, 3.8) is 0 Å². The summed E-state index contributed by atoms with van der Waals surface area (Å²) in [6, 6.07) is 0. The fraction of sp³-hybridized carbons (Fsp3) is 1.00. The zero-order valence-electron chi connectivity index (χ0n) is 2.31. The summed E-state index contributed by atoms with van der Waals surface area (Å²) in [6.07, 6.45) is 0. The molecule has 0 aliphatic heterocycles. The van der Waals surface area contributed by atoms with Gasteiger partial charge >= 0.3 is 0 Å². The smallest absolute Gasteiger partial charge is 0.0312 e. The molecule has 4 heavy (non-hydrogen) atoms. The maximum Gasteiger partial charge on any atom is -0.0312 e. The Balaban J connectivity index is 3.00. The van der Waals surface area contributed by atoms with Crippen LogP contribution in [-0.2, 0) is 0 Å². The van der Waals surface area contributed by atoms with Gasteiger partial charge in [0.2, 0.25) is 0 Å². The third-order valence-electron chi connectivity index (χ3n) is 2.10. The molecule has 0 amide bonds. The highest BCUT2D eigenvalue weighted by atomic mass is 15.0. The Morgan fingerprint density at radius 1 is 0.500 bits per heavy atom. The van der Waals surface area contributed by atoms with E-state index in [1.807, 2.05) is 0 Å². The molecule has 0 nitrogen and oxygen atoms in total. The van der Waals surface area contributed by atoms with E-state index in [0.717, 1.165) is 0 Å². The molecule has 0 bridgehead atoms. The van der Waals surface area contributed by atoms with Crippen LogP contribution in [0.25, 0.3) is 0 Å². The van der Waals surface area contributed by atoms with E-state index in [1.54, 1.807) is 0 Å². The van der Waals surface area contributed by atoms with Crippen LogP contribution in [0.2, 0.25) is 0 Å². The highest BCUT2D eigenvalue weighted by molar-refractivity contribution is 5.43. The first-order chi connectivity index (χ1) is 2.00. The van der Waals surface area contributed by atoms with E-state index in [1.165, 1.54) is 23.7 Å². The van der Waals surface area contributed by atoms with Gasteiger partial charge in [-0.05, 0) is 23.7 Å². The molecule has 4 aliphatic carbocycles. The van der Waals surface area contributed by atoms with Crippen LogP contribution in [0.1, 0.15) is 0 Å². The molecule has 4 fully saturated rings. The maximum absolute atomic E-state index is 1.33. The molecule has 0 spiro atoms. The topological polar surface area (TPSA) is 0 Å². The molecule has 4 rings (SSSR count). The van der Waals surface area contributed by atoms with Crippen molar-refractivity contribution in [1.82, 2.24) is 0 Å². The van der Waals surface area contributed by atoms with Gasteiger partial charge in [0.15, 0.2) is 0 Å². The second-order valence-electron chi connectivity index (χ2n) is 2.31. The van der Waals surface area contributed by atoms with E-state index in [0.29, 0.717) is 0 Å². The molecule has 4 saturated carbocycles. The number of rotatable bonds is 0. The third kappa shape index (κ3) is 0.00781. The first-order valence-corrected chi connectivity index (χ1v) is 2.00. The van der Waals surface area contributed by atoms with Crippen LogP contribution in [0.15, 0.2) is 0 Å². The Kier molecular flexibility index (Phi) is 0.0208. The van der Waals surface area contributed by atoms with E-state index >= 15 is 0 Å². The molecule has 0 aromatic heterocycles. The van der Waals surface area contributed by atoms with Gasteiger partial charge in [0, 0.05) is 0 Å². The molecule has 0 atom stereocenters. The second-order valence-corrected chi connectivity index (χ2v) is 2.31. The van der Waals surface area contributed by atoms with Gasteiger partial charge in [-0.25, -0.2) is 0 Å². The quantitative estimate of drug-likeness (QED) is 0.376. The van der Waals surface area contributed by atoms with Crippen LogP contribution in [-0.4, -0.2) is 0 Å². The van der Waals surface area contributed by atoms with Crippen LogP contribution < -0.4 is 0 Å². The molecule has 0 heteroatoms. The van der Waals surface area contributed by atoms with Gasteiger partial charge in [-0.3, -0.25) is 0 Å². The minimum atomic E-state index is 1.33. The SMILES string of the molecule is C12C3C1C23. The maximum atomic E-state index is 1.33. The number of hydrogen-bond acceptors (Lipinski definition) is 0. The average Bonchev–Trinajstić information content (AvgIpc) is 1.71. The summed E-state index contributed by atoms with van der Waals surface area (Å²) < 4.78 is 0. The molecule has 0 N–H and O–H groups in total. The summed E-state index contributed by atoms with van der Waals surface area (Å²) in [5.74, 6) is 5.33. The number of hydrogen-bond donors (Lipinski definition) is 0. The highest BCUT2D eigenvalue weighted by Gasteiger charge is 2.97. The molecular formula is C4H4. The fourth-order valence-corrected chi connectivity index (χ4v) is 1.10. The van der Waals surface area contributed by atoms with Crippen LogP contribution >= 0.6 is 0 Å². The highest BCUT2D eigenvalue weighted by Crippen LogP contribution is 3.00. The molecule has 0 aromatic carbocycles. The van der Waals surface area contributed by atoms with Crippen molar-refractivity contribution in [2.75, 3.05) is 0 Å². The lowest BCUT2D eigenvalue weighted by molar-refractivity contribution is 1.43. The molecule has 0 aromatic rings. The summed E-state index contributed by atoms with van der Waals surface area (Å²) in [6.45, 7) is 0. The van der Waals surface area contributed by atoms with Crippen LogP contribution in [0.5, 0.6) is 0 Å². The van der Waals surface area contributed by atoms with Crippen molar-refractivity contribution in [3.05, 3.63) is 0 Å². The Hall–Kier alpha value is 0. The second kappa shape index (κ2) is 0.0833. The summed E-state index contributed by atoms with van der Waals surface area (Å²) in [7, 11) is 0. The Morgan fingerprint density at radius 3 is 0.750 bits per heavy atom. The fourth-order valence-electron chi connectivity index (χ4n) is 1.10. The lowest BCUT2D eigenvalue weighted by Crippen LogP contribution is -1.00. The average molecular weight is 52.1 g/mol. The van der Waals surface area contributed by atoms with Crippen molar-refractivity contribution in [2.45, 2.75) is 0 Å². The summed E-state index contributed by atoms with van der Waals surface area (Å²) in [5, 5.41) is 0. The Morgan fingerprint density at radius 2 is 0.750 bits per heavy atom. The van der Waals surface area contributed by atoms with Crippen LogP contribution in [0.4, 0.5) is 0 Å². The van der Waals surface area contributed by atoms with E-state index < -0.39 is 0 Å². The molecular weight excluding hydrogens is 48.0 g/mol. The van der Waals surface area contributed by atoms with Gasteiger partial charge in [-0.1, -0.05) is 0 Å². The molecule has 0 radical (unpaired) electrons. The third-order valence-corrected chi connectivity index (χ3v) is 2.10. The largest absolute Gasteiger partial charge is 0.0312 e. The first-order valence-electron chi connectivity index (χ1n) is 2.00. The summed E-state index contributed by atoms with van der Waals surface area (Å²) >= 11 is 0. The molecule has 0 saturated heterocycles. The minimum Gasteiger partial charge on any atom is -0.0312 e. The van der Waals surface area contributed by atoms with E-state index in [-0.39, 0.29) is 0 Å². The van der Waals surface area contributed by atoms with Crippen molar-refractivity contribution < 1.29 is 0 Å². The van der Waals surface area contributed by atoms with Gasteiger partial charge in [0.1, 0.15) is 0 Å². The monoisotopic (exact) mass is 52.0 g/mol. The molecule has 0 heterocycles. The molecule has 0 unspecified atom stereocenters. The van der Waals surface area contributed by atoms with Crippen molar-refractivity contribution in [3.8, 4) is 0 Å². The molecule has 20 valence electrons. The van der Waals surface area contributed by atoms with Crippen LogP contribution in [0, 0.1) is 23.7 Å². The standard InChI is InChI=1S/C4H4/c1-2-3(1)4(1)2/h1-4H. The lowest BCUT2D eigenvalue weighted by Gasteiger charge is -1.03. The zero-order chi connectivity index (χ0) is 2.31. The van der Waals surface area contributed by atoms with E-state index in [2.05, 4.69) is 0 Å². The Bertz CT molecular complexity index is 43.0. The predicted molar refractivity (Wildman–Crippen MR) is 14.0 cm³/mol. The normalized spacial score (nSPS) is 108. The molecule has 4 aliphatic rings. The van der Waals surface area contributed by atoms with Gasteiger partial charge < -0.3 is 0 Å². The minimum absolute atomic E-state index is 1.33. The van der Waals surface area contributed by atoms with Crippen LogP contribution in [0.3, 0.4) is 0 Å². The summed E-state index contributed by atoms with van der Waals surface area (Å²) in [5.41, 5.74) is 0. The zero-order valence-corrected chi connectivity index (χ0v) is 2.31. The van der Waals surface area contributed by atoms with Crippen molar-refractivity contribution in [2.24, 2.45) is 23.7 Å². The van der Waals surface area contributed by atoms with Crippen molar-refractivity contribution >= 4 is 0 Å².